The number of esters is 1. The summed E-state index contributed by atoms with van der Waals surface area (Å²) < 4.78 is 5.47. The summed E-state index contributed by atoms with van der Waals surface area (Å²) in [6.45, 7) is 13.5. The molecule has 2 heterocycles. The van der Waals surface area contributed by atoms with Gasteiger partial charge in [0, 0.05) is 16.9 Å². The molecular weight excluding hydrogens is 544 g/mol. The van der Waals surface area contributed by atoms with Crippen LogP contribution in [0.4, 0.5) is 11.4 Å². The molecule has 5 aliphatic rings. The monoisotopic (exact) mass is 582 g/mol. The molecule has 8 nitrogen and oxygen atoms in total. The summed E-state index contributed by atoms with van der Waals surface area (Å²) in [6, 6.07) is 14.6. The molecule has 3 fully saturated rings. The maximum atomic E-state index is 14.3. The number of benzene rings is 2. The minimum Gasteiger partial charge on any atom is -0.463 e. The molecule has 8 heteroatoms. The number of amides is 4. The van der Waals surface area contributed by atoms with Gasteiger partial charge in [-0.25, -0.2) is 4.79 Å². The van der Waals surface area contributed by atoms with Crippen molar-refractivity contribution < 1.29 is 28.7 Å². The molecule has 2 aliphatic heterocycles. The van der Waals surface area contributed by atoms with Crippen LogP contribution in [0.5, 0.6) is 0 Å². The van der Waals surface area contributed by atoms with E-state index in [0.29, 0.717) is 16.9 Å². The van der Waals surface area contributed by atoms with Crippen LogP contribution >= 0.6 is 0 Å². The van der Waals surface area contributed by atoms with Crippen LogP contribution in [0, 0.1) is 35.0 Å². The molecule has 1 saturated carbocycles. The Morgan fingerprint density at radius 1 is 0.721 bits per heavy atom. The molecule has 6 atom stereocenters. The molecule has 224 valence electrons. The van der Waals surface area contributed by atoms with Gasteiger partial charge >= 0.3 is 5.97 Å². The SMILES string of the molecule is CCOC(=O)C1=C(C)C2[C@@H]3C(=O)N(c4ccc(C(C)C)cc4)C(=O)[C@H]3C1(C)[C@H]1C(=O)N(c3ccc(C(C)C)cc3)C(=O)[C@@H]21. The first-order chi connectivity index (χ1) is 20.4. The zero-order valence-electron chi connectivity index (χ0n) is 25.7. The van der Waals surface area contributed by atoms with Crippen LogP contribution in [0.2, 0.25) is 0 Å². The summed E-state index contributed by atoms with van der Waals surface area (Å²) in [7, 11) is 0. The summed E-state index contributed by atoms with van der Waals surface area (Å²) in [5.74, 6) is -6.27. The Balaban J connectivity index is 1.49. The van der Waals surface area contributed by atoms with Gasteiger partial charge in [0.05, 0.1) is 41.7 Å². The minimum atomic E-state index is -1.42. The van der Waals surface area contributed by atoms with Crippen molar-refractivity contribution in [2.24, 2.45) is 35.0 Å². The first-order valence-corrected chi connectivity index (χ1v) is 15.2. The van der Waals surface area contributed by atoms with Crippen molar-refractivity contribution in [3.63, 3.8) is 0 Å². The van der Waals surface area contributed by atoms with Crippen LogP contribution in [0.1, 0.15) is 71.4 Å². The Hall–Kier alpha value is -4.07. The molecule has 0 aromatic heterocycles. The highest BCUT2D eigenvalue weighted by atomic mass is 16.5. The Morgan fingerprint density at radius 2 is 1.12 bits per heavy atom. The van der Waals surface area contributed by atoms with Gasteiger partial charge in [0.25, 0.3) is 0 Å². The van der Waals surface area contributed by atoms with Gasteiger partial charge in [0.15, 0.2) is 0 Å². The van der Waals surface area contributed by atoms with Gasteiger partial charge in [-0.05, 0) is 61.1 Å². The highest BCUT2D eigenvalue weighted by Crippen LogP contribution is 2.68. The first-order valence-electron chi connectivity index (χ1n) is 15.2. The summed E-state index contributed by atoms with van der Waals surface area (Å²) >= 11 is 0. The fourth-order valence-corrected chi connectivity index (χ4v) is 8.33. The lowest BCUT2D eigenvalue weighted by atomic mass is 9.43. The first kappa shape index (κ1) is 29.0. The van der Waals surface area contributed by atoms with Gasteiger partial charge in [0.1, 0.15) is 0 Å². The molecular formula is C35H38N2O6. The number of ether oxygens (including phenoxy) is 1. The third kappa shape index (κ3) is 3.84. The largest absolute Gasteiger partial charge is 0.463 e. The number of carbonyl (C=O) groups is 5. The van der Waals surface area contributed by atoms with E-state index in [1.165, 1.54) is 9.80 Å². The second-order valence-electron chi connectivity index (χ2n) is 13.1. The van der Waals surface area contributed by atoms with Gasteiger partial charge in [0.2, 0.25) is 23.6 Å². The van der Waals surface area contributed by atoms with Gasteiger partial charge in [-0.15, -0.1) is 0 Å². The van der Waals surface area contributed by atoms with E-state index >= 15 is 0 Å². The quantitative estimate of drug-likeness (QED) is 0.335. The predicted molar refractivity (Wildman–Crippen MR) is 161 cm³/mol. The molecule has 3 aliphatic carbocycles. The number of hydrogen-bond donors (Lipinski definition) is 0. The van der Waals surface area contributed by atoms with Crippen molar-refractivity contribution in [3.05, 3.63) is 70.8 Å². The number of rotatable bonds is 6. The number of anilines is 2. The maximum Gasteiger partial charge on any atom is 0.334 e. The average Bonchev–Trinajstić information content (AvgIpc) is 3.39. The lowest BCUT2D eigenvalue weighted by Crippen LogP contribution is -2.61. The summed E-state index contributed by atoms with van der Waals surface area (Å²) in [5, 5.41) is 0. The van der Waals surface area contributed by atoms with Gasteiger partial charge in [-0.1, -0.05) is 64.5 Å². The smallest absolute Gasteiger partial charge is 0.334 e. The fourth-order valence-electron chi connectivity index (χ4n) is 8.33. The second kappa shape index (κ2) is 10.00. The molecule has 4 amide bonds. The zero-order valence-corrected chi connectivity index (χ0v) is 25.7. The van der Waals surface area contributed by atoms with E-state index in [1.807, 2.05) is 24.3 Å². The van der Waals surface area contributed by atoms with Crippen LogP contribution < -0.4 is 9.80 Å². The molecule has 0 N–H and O–H groups in total. The highest BCUT2D eigenvalue weighted by molar-refractivity contribution is 6.27. The fraction of sp³-hybridized carbons (Fsp3) is 0.457. The van der Waals surface area contributed by atoms with E-state index in [9.17, 15) is 24.0 Å². The average molecular weight is 583 g/mol. The summed E-state index contributed by atoms with van der Waals surface area (Å²) in [4.78, 5) is 73.1. The van der Waals surface area contributed by atoms with E-state index in [1.54, 1.807) is 45.0 Å². The Bertz CT molecular complexity index is 1490. The Labute approximate surface area is 252 Å². The van der Waals surface area contributed by atoms with Crippen molar-refractivity contribution in [3.8, 4) is 0 Å². The standard InChI is InChI=1S/C35H38N2O6/c1-8-43-34(42)27-19(6)24-25-28(32(40)36(30(25)38)22-13-9-20(10-14-22)17(2)3)35(27,7)29-26(24)31(39)37(33(29)41)23-15-11-21(12-16-23)18(4)5/h9-18,24-26,28-29H,8H2,1-7H3/t24?,25-,26-,28-,29+,35?/m0/s1. The van der Waals surface area contributed by atoms with Gasteiger partial charge in [-0.3, -0.25) is 29.0 Å². The van der Waals surface area contributed by atoms with Crippen molar-refractivity contribution in [2.45, 2.75) is 60.3 Å². The van der Waals surface area contributed by atoms with Crippen LogP contribution in [-0.2, 0) is 28.7 Å². The minimum absolute atomic E-state index is 0.112. The lowest BCUT2D eigenvalue weighted by Gasteiger charge is -2.55. The number of nitrogens with zero attached hydrogens (tertiary/aromatic N) is 2. The van der Waals surface area contributed by atoms with Crippen LogP contribution in [0.15, 0.2) is 59.7 Å². The highest BCUT2D eigenvalue weighted by Gasteiger charge is 2.77. The van der Waals surface area contributed by atoms with Crippen molar-refractivity contribution in [2.75, 3.05) is 16.4 Å². The third-order valence-corrected chi connectivity index (χ3v) is 10.3. The normalized spacial score (nSPS) is 29.7. The Kier molecular flexibility index (Phi) is 6.75. The number of carbonyl (C=O) groups excluding carboxylic acids is 5. The van der Waals surface area contributed by atoms with E-state index in [0.717, 1.165) is 11.1 Å². The van der Waals surface area contributed by atoms with Crippen molar-refractivity contribution in [1.29, 1.82) is 0 Å². The molecule has 2 unspecified atom stereocenters. The van der Waals surface area contributed by atoms with Gasteiger partial charge < -0.3 is 4.74 Å². The molecule has 7 rings (SSSR count). The molecule has 0 radical (unpaired) electrons. The molecule has 2 aromatic rings. The molecule has 0 spiro atoms. The number of allylic oxidation sites excluding steroid dienone is 1. The van der Waals surface area contributed by atoms with E-state index in [4.69, 9.17) is 4.74 Å². The Morgan fingerprint density at radius 3 is 1.47 bits per heavy atom. The number of hydrogen-bond acceptors (Lipinski definition) is 6. The molecule has 2 bridgehead atoms. The predicted octanol–water partition coefficient (Wildman–Crippen LogP) is 5.37. The van der Waals surface area contributed by atoms with E-state index < -0.39 is 64.6 Å². The zero-order chi connectivity index (χ0) is 31.1. The second-order valence-corrected chi connectivity index (χ2v) is 13.1. The summed E-state index contributed by atoms with van der Waals surface area (Å²) in [5.41, 5.74) is 2.42. The third-order valence-electron chi connectivity index (χ3n) is 10.3. The molecule has 2 saturated heterocycles. The van der Waals surface area contributed by atoms with Gasteiger partial charge in [-0.2, -0.15) is 0 Å². The number of imide groups is 2. The van der Waals surface area contributed by atoms with Crippen molar-refractivity contribution >= 4 is 41.0 Å². The molecule has 43 heavy (non-hydrogen) atoms. The molecule has 2 aromatic carbocycles. The topological polar surface area (TPSA) is 101 Å². The van der Waals surface area contributed by atoms with Crippen LogP contribution in [-0.4, -0.2) is 36.2 Å². The van der Waals surface area contributed by atoms with Crippen LogP contribution in [0.3, 0.4) is 0 Å². The van der Waals surface area contributed by atoms with E-state index in [-0.39, 0.29) is 24.0 Å². The maximum absolute atomic E-state index is 14.3. The summed E-state index contributed by atoms with van der Waals surface area (Å²) in [6.07, 6.45) is 0. The lowest BCUT2D eigenvalue weighted by molar-refractivity contribution is -0.155. The van der Waals surface area contributed by atoms with Crippen molar-refractivity contribution in [1.82, 2.24) is 0 Å². The van der Waals surface area contributed by atoms with Crippen LogP contribution in [0.25, 0.3) is 0 Å². The van der Waals surface area contributed by atoms with E-state index in [2.05, 4.69) is 27.7 Å².